The molecule has 1 aromatic carbocycles. The molecule has 0 amide bonds. The minimum absolute atomic E-state index is 0.0464. The summed E-state index contributed by atoms with van der Waals surface area (Å²) in [5, 5.41) is 0. The Hall–Kier alpha value is -2.20. The Morgan fingerprint density at radius 2 is 1.92 bits per heavy atom. The van der Waals surface area contributed by atoms with E-state index < -0.39 is 8.07 Å². The van der Waals surface area contributed by atoms with Crippen LogP contribution in [-0.2, 0) is 11.8 Å². The molecule has 3 aliphatic carbocycles. The summed E-state index contributed by atoms with van der Waals surface area (Å²) in [7, 11) is -1.58. The standard InChI is InChI=1S/C22H22O3Si/c1-22-15-8-6-13-14(7-9-16(13)23)18(15)20(24)21-19(22)12(11-25-21)5-10-17(22)26(2,3)4/h5-6,8,10-11,17H,7,9H2,1-4H3/t17-,22?/m1/s1. The summed E-state index contributed by atoms with van der Waals surface area (Å²) in [4.78, 5) is 25.6. The lowest BCUT2D eigenvalue weighted by Gasteiger charge is -2.47. The van der Waals surface area contributed by atoms with Crippen LogP contribution in [0.1, 0.15) is 62.1 Å². The molecule has 132 valence electrons. The predicted molar refractivity (Wildman–Crippen MR) is 104 cm³/mol. The fraction of sp³-hybridized carbons (Fsp3) is 0.364. The van der Waals surface area contributed by atoms with Crippen LogP contribution in [0.2, 0.25) is 25.2 Å². The SMILES string of the molecule is CC12c3ccc4c(c3C(=O)c3occ(c31)C=C[C@H]2[Si](C)(C)C)CCC4=O. The summed E-state index contributed by atoms with van der Waals surface area (Å²) < 4.78 is 5.80. The molecule has 5 rings (SSSR count). The summed E-state index contributed by atoms with van der Waals surface area (Å²) in [6.45, 7) is 9.41. The predicted octanol–water partition coefficient (Wildman–Crippen LogP) is 4.99. The molecule has 0 N–H and O–H groups in total. The van der Waals surface area contributed by atoms with Gasteiger partial charge < -0.3 is 4.42 Å². The summed E-state index contributed by atoms with van der Waals surface area (Å²) in [5.74, 6) is 0.585. The van der Waals surface area contributed by atoms with Crippen molar-refractivity contribution in [2.24, 2.45) is 0 Å². The maximum atomic E-state index is 13.4. The highest BCUT2D eigenvalue weighted by Gasteiger charge is 2.53. The highest BCUT2D eigenvalue weighted by molar-refractivity contribution is 6.78. The number of allylic oxidation sites excluding steroid dienone is 1. The molecule has 1 aromatic heterocycles. The van der Waals surface area contributed by atoms with Crippen molar-refractivity contribution < 1.29 is 14.0 Å². The molecular formula is C22H22O3Si. The van der Waals surface area contributed by atoms with E-state index in [1.807, 2.05) is 12.1 Å². The molecule has 0 aliphatic heterocycles. The van der Waals surface area contributed by atoms with Gasteiger partial charge in [0.05, 0.1) is 14.3 Å². The van der Waals surface area contributed by atoms with Crippen LogP contribution in [0.5, 0.6) is 0 Å². The van der Waals surface area contributed by atoms with Gasteiger partial charge in [-0.15, -0.1) is 0 Å². The molecular weight excluding hydrogens is 340 g/mol. The first kappa shape index (κ1) is 16.0. The third kappa shape index (κ3) is 1.73. The maximum absolute atomic E-state index is 13.4. The Balaban J connectivity index is 1.89. The van der Waals surface area contributed by atoms with E-state index in [1.54, 1.807) is 6.26 Å². The minimum atomic E-state index is -1.58. The number of carbonyl (C=O) groups excluding carboxylic acids is 2. The summed E-state index contributed by atoms with van der Waals surface area (Å²) in [6, 6.07) is 3.99. The third-order valence-corrected chi connectivity index (χ3v) is 9.21. The molecule has 0 bridgehead atoms. The molecule has 3 nitrogen and oxygen atoms in total. The fourth-order valence-corrected chi connectivity index (χ4v) is 8.25. The molecule has 26 heavy (non-hydrogen) atoms. The van der Waals surface area contributed by atoms with Crippen molar-refractivity contribution in [1.29, 1.82) is 0 Å². The lowest BCUT2D eigenvalue weighted by atomic mass is 9.63. The van der Waals surface area contributed by atoms with E-state index in [0.29, 0.717) is 24.1 Å². The second kappa shape index (κ2) is 4.74. The number of hydrogen-bond donors (Lipinski definition) is 0. The van der Waals surface area contributed by atoms with E-state index in [4.69, 9.17) is 4.42 Å². The highest BCUT2D eigenvalue weighted by atomic mass is 28.3. The molecule has 2 aromatic rings. The molecule has 2 atom stereocenters. The number of furan rings is 1. The van der Waals surface area contributed by atoms with Gasteiger partial charge >= 0.3 is 0 Å². The van der Waals surface area contributed by atoms with E-state index >= 15 is 0 Å². The second-order valence-corrected chi connectivity index (χ2v) is 14.4. The molecule has 0 saturated carbocycles. The fourth-order valence-electron chi connectivity index (χ4n) is 5.55. The summed E-state index contributed by atoms with van der Waals surface area (Å²) in [6.07, 6.45) is 7.34. The summed E-state index contributed by atoms with van der Waals surface area (Å²) >= 11 is 0. The number of rotatable bonds is 1. The zero-order valence-electron chi connectivity index (χ0n) is 15.6. The van der Waals surface area contributed by atoms with Crippen molar-refractivity contribution in [2.75, 3.05) is 0 Å². The van der Waals surface area contributed by atoms with Crippen LogP contribution in [-0.4, -0.2) is 19.6 Å². The average Bonchev–Trinajstić information content (AvgIpc) is 3.17. The Kier molecular flexibility index (Phi) is 2.92. The van der Waals surface area contributed by atoms with E-state index in [-0.39, 0.29) is 17.0 Å². The third-order valence-electron chi connectivity index (χ3n) is 6.57. The Morgan fingerprint density at radius 1 is 1.15 bits per heavy atom. The average molecular weight is 363 g/mol. The van der Waals surface area contributed by atoms with Gasteiger partial charge in [0, 0.05) is 34.1 Å². The van der Waals surface area contributed by atoms with Crippen LogP contribution >= 0.6 is 0 Å². The Labute approximate surface area is 154 Å². The van der Waals surface area contributed by atoms with Gasteiger partial charge in [0.15, 0.2) is 11.5 Å². The number of carbonyl (C=O) groups is 2. The lowest BCUT2D eigenvalue weighted by molar-refractivity contribution is 0.0990. The second-order valence-electron chi connectivity index (χ2n) is 9.07. The molecule has 4 heteroatoms. The van der Waals surface area contributed by atoms with E-state index in [9.17, 15) is 9.59 Å². The first-order chi connectivity index (χ1) is 12.2. The minimum Gasteiger partial charge on any atom is -0.460 e. The van der Waals surface area contributed by atoms with Crippen LogP contribution in [0.25, 0.3) is 6.08 Å². The van der Waals surface area contributed by atoms with Crippen molar-refractivity contribution >= 4 is 25.7 Å². The molecule has 1 unspecified atom stereocenters. The highest BCUT2D eigenvalue weighted by Crippen LogP contribution is 2.57. The van der Waals surface area contributed by atoms with Crippen LogP contribution in [0.15, 0.2) is 28.9 Å². The molecule has 0 spiro atoms. The topological polar surface area (TPSA) is 47.3 Å². The van der Waals surface area contributed by atoms with Crippen molar-refractivity contribution in [1.82, 2.24) is 0 Å². The number of fused-ring (bicyclic) bond motifs is 4. The van der Waals surface area contributed by atoms with Gasteiger partial charge in [-0.05, 0) is 23.1 Å². The van der Waals surface area contributed by atoms with E-state index in [0.717, 1.165) is 33.4 Å². The maximum Gasteiger partial charge on any atom is 0.229 e. The number of Topliss-reactive ketones (excluding diaryl/α,β-unsaturated/α-hetero) is 1. The largest absolute Gasteiger partial charge is 0.460 e. The van der Waals surface area contributed by atoms with Crippen molar-refractivity contribution in [2.45, 2.75) is 50.4 Å². The van der Waals surface area contributed by atoms with Crippen molar-refractivity contribution in [3.8, 4) is 0 Å². The lowest BCUT2D eigenvalue weighted by Crippen LogP contribution is -2.46. The van der Waals surface area contributed by atoms with Gasteiger partial charge in [0.2, 0.25) is 5.78 Å². The van der Waals surface area contributed by atoms with Crippen LogP contribution in [0, 0.1) is 0 Å². The molecule has 0 fully saturated rings. The molecule has 0 saturated heterocycles. The quantitative estimate of drug-likeness (QED) is 0.671. The van der Waals surface area contributed by atoms with Crippen molar-refractivity contribution in [3.05, 3.63) is 63.6 Å². The van der Waals surface area contributed by atoms with Gasteiger partial charge in [-0.2, -0.15) is 0 Å². The molecule has 1 heterocycles. The monoisotopic (exact) mass is 362 g/mol. The van der Waals surface area contributed by atoms with Gasteiger partial charge in [0.1, 0.15) is 0 Å². The Morgan fingerprint density at radius 3 is 2.65 bits per heavy atom. The molecule has 0 radical (unpaired) electrons. The van der Waals surface area contributed by atoms with Crippen LogP contribution in [0.4, 0.5) is 0 Å². The van der Waals surface area contributed by atoms with E-state index in [2.05, 4.69) is 38.7 Å². The smallest absolute Gasteiger partial charge is 0.229 e. The number of hydrogen-bond acceptors (Lipinski definition) is 3. The molecule has 3 aliphatic rings. The van der Waals surface area contributed by atoms with Gasteiger partial charge in [-0.25, -0.2) is 0 Å². The Bertz CT molecular complexity index is 1030. The van der Waals surface area contributed by atoms with Crippen LogP contribution < -0.4 is 0 Å². The first-order valence-electron chi connectivity index (χ1n) is 9.29. The van der Waals surface area contributed by atoms with Gasteiger partial charge in [-0.3, -0.25) is 9.59 Å². The van der Waals surface area contributed by atoms with Gasteiger partial charge in [-0.1, -0.05) is 50.8 Å². The van der Waals surface area contributed by atoms with Crippen LogP contribution in [0.3, 0.4) is 0 Å². The van der Waals surface area contributed by atoms with E-state index in [1.165, 1.54) is 0 Å². The van der Waals surface area contributed by atoms with Gasteiger partial charge in [0.25, 0.3) is 0 Å². The normalized spacial score (nSPS) is 25.9. The number of ketones is 2. The zero-order valence-corrected chi connectivity index (χ0v) is 16.6. The summed E-state index contributed by atoms with van der Waals surface area (Å²) in [5.41, 5.74) is 5.65. The zero-order chi connectivity index (χ0) is 18.4. The first-order valence-corrected chi connectivity index (χ1v) is 12.9. The van der Waals surface area contributed by atoms with Crippen molar-refractivity contribution in [3.63, 3.8) is 0 Å². The number of benzene rings is 1.